The van der Waals surface area contributed by atoms with Crippen LogP contribution in [0.2, 0.25) is 0 Å². The van der Waals surface area contributed by atoms with Crippen LogP contribution in [0.3, 0.4) is 0 Å². The normalized spacial score (nSPS) is 10.3. The molecule has 0 amide bonds. The molecule has 0 fully saturated rings. The Bertz CT molecular complexity index is 606. The molecule has 0 heterocycles. The molecule has 3 nitrogen and oxygen atoms in total. The van der Waals surface area contributed by atoms with Crippen molar-refractivity contribution < 1.29 is 13.6 Å². The van der Waals surface area contributed by atoms with Gasteiger partial charge in [0, 0.05) is 17.2 Å². The predicted molar refractivity (Wildman–Crippen MR) is 65.1 cm³/mol. The quantitative estimate of drug-likeness (QED) is 0.633. The van der Waals surface area contributed by atoms with Gasteiger partial charge in [-0.1, -0.05) is 0 Å². The lowest BCUT2D eigenvalue weighted by molar-refractivity contribution is 0.103. The lowest BCUT2D eigenvalue weighted by Gasteiger charge is -2.05. The summed E-state index contributed by atoms with van der Waals surface area (Å²) in [6, 6.07) is 6.94. The van der Waals surface area contributed by atoms with Crippen molar-refractivity contribution in [2.24, 2.45) is 0 Å². The molecule has 4 N–H and O–H groups in total. The van der Waals surface area contributed by atoms with Crippen LogP contribution in [0, 0.1) is 11.6 Å². The van der Waals surface area contributed by atoms with Crippen molar-refractivity contribution in [3.63, 3.8) is 0 Å². The highest BCUT2D eigenvalue weighted by Gasteiger charge is 2.12. The maximum Gasteiger partial charge on any atom is 0.193 e. The van der Waals surface area contributed by atoms with Gasteiger partial charge in [-0.3, -0.25) is 4.79 Å². The van der Waals surface area contributed by atoms with Gasteiger partial charge in [0.15, 0.2) is 5.78 Å². The number of anilines is 2. The van der Waals surface area contributed by atoms with E-state index >= 15 is 0 Å². The number of nitrogen functional groups attached to an aromatic ring is 2. The topological polar surface area (TPSA) is 69.1 Å². The summed E-state index contributed by atoms with van der Waals surface area (Å²) in [6.45, 7) is 0. The molecule has 0 spiro atoms. The molecular formula is C13H10F2N2O. The molecule has 0 saturated heterocycles. The Hall–Kier alpha value is -2.43. The summed E-state index contributed by atoms with van der Waals surface area (Å²) in [4.78, 5) is 12.0. The molecule has 0 aromatic heterocycles. The van der Waals surface area contributed by atoms with Crippen molar-refractivity contribution >= 4 is 17.2 Å². The summed E-state index contributed by atoms with van der Waals surface area (Å²) >= 11 is 0. The molecule has 0 bridgehead atoms. The van der Waals surface area contributed by atoms with Gasteiger partial charge in [0.2, 0.25) is 0 Å². The SMILES string of the molecule is Nc1ccc(C(=O)c2cc(F)cc(F)c2)cc1N. The second-order valence-electron chi connectivity index (χ2n) is 3.83. The van der Waals surface area contributed by atoms with Gasteiger partial charge in [-0.25, -0.2) is 8.78 Å². The molecule has 0 unspecified atom stereocenters. The lowest BCUT2D eigenvalue weighted by Crippen LogP contribution is -2.04. The van der Waals surface area contributed by atoms with E-state index in [1.165, 1.54) is 18.2 Å². The summed E-state index contributed by atoms with van der Waals surface area (Å²) in [5.41, 5.74) is 11.8. The fourth-order valence-electron chi connectivity index (χ4n) is 1.57. The van der Waals surface area contributed by atoms with Crippen molar-refractivity contribution in [2.75, 3.05) is 11.5 Å². The lowest BCUT2D eigenvalue weighted by atomic mass is 10.0. The van der Waals surface area contributed by atoms with E-state index in [4.69, 9.17) is 11.5 Å². The Morgan fingerprint density at radius 3 is 2.00 bits per heavy atom. The number of halogens is 2. The first kappa shape index (κ1) is 12.0. The van der Waals surface area contributed by atoms with Crippen LogP contribution in [0.4, 0.5) is 20.2 Å². The fraction of sp³-hybridized carbons (Fsp3) is 0. The van der Waals surface area contributed by atoms with E-state index in [0.29, 0.717) is 11.8 Å². The second-order valence-corrected chi connectivity index (χ2v) is 3.83. The summed E-state index contributed by atoms with van der Waals surface area (Å²) in [7, 11) is 0. The van der Waals surface area contributed by atoms with Crippen molar-refractivity contribution in [2.45, 2.75) is 0 Å². The molecule has 18 heavy (non-hydrogen) atoms. The average Bonchev–Trinajstić information content (AvgIpc) is 2.30. The first-order chi connectivity index (χ1) is 8.47. The maximum atomic E-state index is 13.0. The third-order valence-corrected chi connectivity index (χ3v) is 2.47. The van der Waals surface area contributed by atoms with Gasteiger partial charge in [0.25, 0.3) is 0 Å². The van der Waals surface area contributed by atoms with Crippen molar-refractivity contribution in [1.29, 1.82) is 0 Å². The van der Waals surface area contributed by atoms with Crippen molar-refractivity contribution in [3.8, 4) is 0 Å². The summed E-state index contributed by atoms with van der Waals surface area (Å²) in [5.74, 6) is -2.12. The standard InChI is InChI=1S/C13H10F2N2O/c14-9-3-8(4-10(15)6-9)13(18)7-1-2-11(16)12(17)5-7/h1-6H,16-17H2. The Kier molecular flexibility index (Phi) is 2.97. The summed E-state index contributed by atoms with van der Waals surface area (Å²) in [6.07, 6.45) is 0. The molecule has 0 aliphatic heterocycles. The zero-order chi connectivity index (χ0) is 13.3. The molecule has 92 valence electrons. The molecule has 0 atom stereocenters. The average molecular weight is 248 g/mol. The second kappa shape index (κ2) is 4.44. The number of carbonyl (C=O) groups is 1. The third kappa shape index (κ3) is 2.29. The van der Waals surface area contributed by atoms with E-state index in [1.54, 1.807) is 0 Å². The van der Waals surface area contributed by atoms with Gasteiger partial charge in [0.05, 0.1) is 11.4 Å². The molecule has 2 aromatic rings. The van der Waals surface area contributed by atoms with Crippen LogP contribution in [0.25, 0.3) is 0 Å². The van der Waals surface area contributed by atoms with E-state index in [1.807, 2.05) is 0 Å². The summed E-state index contributed by atoms with van der Waals surface area (Å²) in [5, 5.41) is 0. The number of carbonyl (C=O) groups excluding carboxylic acids is 1. The van der Waals surface area contributed by atoms with E-state index in [2.05, 4.69) is 0 Å². The minimum Gasteiger partial charge on any atom is -0.397 e. The Labute approximate surface area is 102 Å². The monoisotopic (exact) mass is 248 g/mol. The van der Waals surface area contributed by atoms with Crippen LogP contribution >= 0.6 is 0 Å². The fourth-order valence-corrected chi connectivity index (χ4v) is 1.57. The number of rotatable bonds is 2. The minimum atomic E-state index is -0.804. The molecule has 0 radical (unpaired) electrons. The van der Waals surface area contributed by atoms with Gasteiger partial charge >= 0.3 is 0 Å². The molecule has 0 aliphatic rings. The maximum absolute atomic E-state index is 13.0. The first-order valence-electron chi connectivity index (χ1n) is 5.13. The van der Waals surface area contributed by atoms with E-state index in [-0.39, 0.29) is 16.8 Å². The van der Waals surface area contributed by atoms with Crippen molar-refractivity contribution in [3.05, 3.63) is 59.2 Å². The van der Waals surface area contributed by atoms with Crippen molar-refractivity contribution in [1.82, 2.24) is 0 Å². The zero-order valence-corrected chi connectivity index (χ0v) is 9.28. The van der Waals surface area contributed by atoms with E-state index in [0.717, 1.165) is 12.1 Å². The van der Waals surface area contributed by atoms with E-state index < -0.39 is 17.4 Å². The molecule has 2 aromatic carbocycles. The van der Waals surface area contributed by atoms with Crippen LogP contribution in [0.15, 0.2) is 36.4 Å². The highest BCUT2D eigenvalue weighted by atomic mass is 19.1. The van der Waals surface area contributed by atoms with Gasteiger partial charge in [-0.2, -0.15) is 0 Å². The van der Waals surface area contributed by atoms with Gasteiger partial charge in [0.1, 0.15) is 11.6 Å². The zero-order valence-electron chi connectivity index (χ0n) is 9.28. The predicted octanol–water partition coefficient (Wildman–Crippen LogP) is 2.36. The van der Waals surface area contributed by atoms with Gasteiger partial charge in [-0.15, -0.1) is 0 Å². The Balaban J connectivity index is 2.44. The van der Waals surface area contributed by atoms with Crippen LogP contribution in [-0.4, -0.2) is 5.78 Å². The number of hydrogen-bond donors (Lipinski definition) is 2. The molecule has 0 aliphatic carbocycles. The Morgan fingerprint density at radius 1 is 0.833 bits per heavy atom. The number of hydrogen-bond acceptors (Lipinski definition) is 3. The third-order valence-electron chi connectivity index (χ3n) is 2.47. The largest absolute Gasteiger partial charge is 0.397 e. The number of ketones is 1. The van der Waals surface area contributed by atoms with Gasteiger partial charge < -0.3 is 11.5 Å². The van der Waals surface area contributed by atoms with Crippen LogP contribution < -0.4 is 11.5 Å². The summed E-state index contributed by atoms with van der Waals surface area (Å²) < 4.78 is 26.0. The van der Waals surface area contributed by atoms with Crippen LogP contribution in [0.1, 0.15) is 15.9 Å². The molecule has 5 heteroatoms. The molecular weight excluding hydrogens is 238 g/mol. The van der Waals surface area contributed by atoms with Crippen LogP contribution in [-0.2, 0) is 0 Å². The smallest absolute Gasteiger partial charge is 0.193 e. The number of nitrogens with two attached hydrogens (primary N) is 2. The van der Waals surface area contributed by atoms with E-state index in [9.17, 15) is 13.6 Å². The first-order valence-corrected chi connectivity index (χ1v) is 5.13. The minimum absolute atomic E-state index is 0.0725. The Morgan fingerprint density at radius 2 is 1.44 bits per heavy atom. The molecule has 2 rings (SSSR count). The number of benzene rings is 2. The molecule has 0 saturated carbocycles. The van der Waals surface area contributed by atoms with Gasteiger partial charge in [-0.05, 0) is 30.3 Å². The highest BCUT2D eigenvalue weighted by molar-refractivity contribution is 6.09. The van der Waals surface area contributed by atoms with Crippen LogP contribution in [0.5, 0.6) is 0 Å². The highest BCUT2D eigenvalue weighted by Crippen LogP contribution is 2.19.